The third-order valence-corrected chi connectivity index (χ3v) is 4.07. The molecule has 1 heterocycles. The number of nitrogens with two attached hydrogens (primary N) is 1. The second kappa shape index (κ2) is 6.91. The van der Waals surface area contributed by atoms with E-state index in [4.69, 9.17) is 10.5 Å². The molecule has 21 heavy (non-hydrogen) atoms. The first-order valence-electron chi connectivity index (χ1n) is 7.53. The van der Waals surface area contributed by atoms with Crippen LogP contribution in [0.3, 0.4) is 0 Å². The van der Waals surface area contributed by atoms with Crippen LogP contribution in [-0.2, 0) is 11.3 Å². The van der Waals surface area contributed by atoms with Crippen molar-refractivity contribution >= 4 is 5.91 Å². The highest BCUT2D eigenvalue weighted by molar-refractivity contribution is 5.84. The van der Waals surface area contributed by atoms with Gasteiger partial charge >= 0.3 is 0 Å². The third-order valence-electron chi connectivity index (χ3n) is 4.07. The lowest BCUT2D eigenvalue weighted by atomic mass is 9.96. The second-order valence-corrected chi connectivity index (χ2v) is 5.71. The predicted octanol–water partition coefficient (Wildman–Crippen LogP) is 1.12. The molecule has 0 spiro atoms. The molecule has 1 aromatic carbocycles. The summed E-state index contributed by atoms with van der Waals surface area (Å²) in [5, 5.41) is 3.20. The van der Waals surface area contributed by atoms with Gasteiger partial charge in [-0.1, -0.05) is 25.1 Å². The van der Waals surface area contributed by atoms with Gasteiger partial charge in [0.1, 0.15) is 12.4 Å². The van der Waals surface area contributed by atoms with Crippen LogP contribution in [0.15, 0.2) is 24.3 Å². The molecule has 1 unspecified atom stereocenters. The Labute approximate surface area is 126 Å². The highest BCUT2D eigenvalue weighted by Gasteiger charge is 2.30. The van der Waals surface area contributed by atoms with Crippen molar-refractivity contribution in [3.8, 4) is 5.75 Å². The number of nitrogens with one attached hydrogen (secondary N) is 1. The van der Waals surface area contributed by atoms with E-state index in [9.17, 15) is 4.79 Å². The number of benzene rings is 1. The number of hydrogen-bond donors (Lipinski definition) is 2. The lowest BCUT2D eigenvalue weighted by Gasteiger charge is -2.30. The van der Waals surface area contributed by atoms with Gasteiger partial charge in [-0.25, -0.2) is 0 Å². The molecule has 3 N–H and O–H groups in total. The van der Waals surface area contributed by atoms with Gasteiger partial charge in [0.25, 0.3) is 0 Å². The SMILES string of the molecule is CCNC(C)(CCN1CCOc2ccccc2C1)C(N)=O. The van der Waals surface area contributed by atoms with Crippen LogP contribution in [0.2, 0.25) is 0 Å². The van der Waals surface area contributed by atoms with Crippen LogP contribution in [0.25, 0.3) is 0 Å². The number of ether oxygens (including phenoxy) is 1. The van der Waals surface area contributed by atoms with Gasteiger partial charge in [-0.3, -0.25) is 9.69 Å². The van der Waals surface area contributed by atoms with Crippen LogP contribution in [0.4, 0.5) is 0 Å². The number of fused-ring (bicyclic) bond motifs is 1. The zero-order valence-corrected chi connectivity index (χ0v) is 12.9. The van der Waals surface area contributed by atoms with E-state index in [1.807, 2.05) is 32.0 Å². The fourth-order valence-corrected chi connectivity index (χ4v) is 2.64. The van der Waals surface area contributed by atoms with Crippen molar-refractivity contribution < 1.29 is 9.53 Å². The number of likely N-dealkylation sites (N-methyl/N-ethyl adjacent to an activating group) is 1. The molecule has 0 aliphatic carbocycles. The normalized spacial score (nSPS) is 18.2. The van der Waals surface area contributed by atoms with E-state index in [2.05, 4.69) is 16.3 Å². The van der Waals surface area contributed by atoms with Crippen LogP contribution >= 0.6 is 0 Å². The molecule has 0 saturated carbocycles. The molecule has 5 heteroatoms. The molecule has 1 amide bonds. The smallest absolute Gasteiger partial charge is 0.237 e. The lowest BCUT2D eigenvalue weighted by molar-refractivity contribution is -0.124. The number of amides is 1. The average Bonchev–Trinajstić information content (AvgIpc) is 2.67. The topological polar surface area (TPSA) is 67.6 Å². The second-order valence-electron chi connectivity index (χ2n) is 5.71. The van der Waals surface area contributed by atoms with Gasteiger partial charge in [-0.05, 0) is 26.0 Å². The molecular weight excluding hydrogens is 266 g/mol. The Morgan fingerprint density at radius 3 is 2.95 bits per heavy atom. The summed E-state index contributed by atoms with van der Waals surface area (Å²) in [5.74, 6) is 0.667. The van der Waals surface area contributed by atoms with Gasteiger partial charge in [-0.15, -0.1) is 0 Å². The molecule has 1 aliphatic rings. The van der Waals surface area contributed by atoms with Crippen LogP contribution in [-0.4, -0.2) is 42.6 Å². The van der Waals surface area contributed by atoms with Crippen molar-refractivity contribution in [2.45, 2.75) is 32.4 Å². The number of primary amides is 1. The van der Waals surface area contributed by atoms with Gasteiger partial charge in [0, 0.05) is 25.2 Å². The van der Waals surface area contributed by atoms with Gasteiger partial charge in [-0.2, -0.15) is 0 Å². The summed E-state index contributed by atoms with van der Waals surface area (Å²) in [4.78, 5) is 14.0. The average molecular weight is 291 g/mol. The van der Waals surface area contributed by atoms with Crippen molar-refractivity contribution in [2.24, 2.45) is 5.73 Å². The quantitative estimate of drug-likeness (QED) is 0.824. The summed E-state index contributed by atoms with van der Waals surface area (Å²) in [6.07, 6.45) is 0.693. The Balaban J connectivity index is 1.99. The first-order chi connectivity index (χ1) is 10.0. The zero-order chi connectivity index (χ0) is 15.3. The number of carbonyl (C=O) groups is 1. The molecule has 1 aliphatic heterocycles. The van der Waals surface area contributed by atoms with Crippen LogP contribution in [0, 0.1) is 0 Å². The van der Waals surface area contributed by atoms with Gasteiger partial charge in [0.05, 0.1) is 5.54 Å². The Hall–Kier alpha value is -1.59. The number of rotatable bonds is 6. The molecule has 2 rings (SSSR count). The summed E-state index contributed by atoms with van der Waals surface area (Å²) in [6, 6.07) is 8.11. The summed E-state index contributed by atoms with van der Waals surface area (Å²) in [6.45, 7) is 7.77. The van der Waals surface area contributed by atoms with Crippen LogP contribution < -0.4 is 15.8 Å². The molecule has 116 valence electrons. The van der Waals surface area contributed by atoms with Crippen molar-refractivity contribution in [1.82, 2.24) is 10.2 Å². The first-order valence-corrected chi connectivity index (χ1v) is 7.53. The van der Waals surface area contributed by atoms with Gasteiger partial charge < -0.3 is 15.8 Å². The van der Waals surface area contributed by atoms with Crippen LogP contribution in [0.5, 0.6) is 5.75 Å². The Morgan fingerprint density at radius 1 is 1.48 bits per heavy atom. The minimum absolute atomic E-state index is 0.296. The molecule has 0 saturated heterocycles. The molecule has 5 nitrogen and oxygen atoms in total. The molecule has 1 atom stereocenters. The van der Waals surface area contributed by atoms with E-state index in [1.54, 1.807) is 0 Å². The van der Waals surface area contributed by atoms with Crippen molar-refractivity contribution in [2.75, 3.05) is 26.2 Å². The number of carbonyl (C=O) groups excluding carboxylic acids is 1. The number of nitrogens with zero attached hydrogens (tertiary/aromatic N) is 1. The highest BCUT2D eigenvalue weighted by atomic mass is 16.5. The monoisotopic (exact) mass is 291 g/mol. The van der Waals surface area contributed by atoms with Crippen molar-refractivity contribution in [3.05, 3.63) is 29.8 Å². The summed E-state index contributed by atoms with van der Waals surface area (Å²) >= 11 is 0. The molecule has 0 aromatic heterocycles. The van der Waals surface area contributed by atoms with E-state index in [1.165, 1.54) is 5.56 Å². The Morgan fingerprint density at radius 2 is 2.24 bits per heavy atom. The van der Waals surface area contributed by atoms with Crippen LogP contribution in [0.1, 0.15) is 25.8 Å². The fraction of sp³-hybridized carbons (Fsp3) is 0.562. The first kappa shape index (κ1) is 15.8. The summed E-state index contributed by atoms with van der Waals surface area (Å²) in [5.41, 5.74) is 6.08. The molecule has 0 fully saturated rings. The van der Waals surface area contributed by atoms with Gasteiger partial charge in [0.15, 0.2) is 0 Å². The predicted molar refractivity (Wildman–Crippen MR) is 83.1 cm³/mol. The standard InChI is InChI=1S/C16H25N3O2/c1-3-18-16(2,15(17)20)8-9-19-10-11-21-14-7-5-4-6-13(14)12-19/h4-7,18H,3,8-12H2,1-2H3,(H2,17,20). The van der Waals surface area contributed by atoms with E-state index in [0.717, 1.165) is 31.9 Å². The maximum atomic E-state index is 11.7. The maximum Gasteiger partial charge on any atom is 0.237 e. The molecule has 1 aromatic rings. The third kappa shape index (κ3) is 3.95. The van der Waals surface area contributed by atoms with E-state index >= 15 is 0 Å². The van der Waals surface area contributed by atoms with Crippen molar-refractivity contribution in [3.63, 3.8) is 0 Å². The molecular formula is C16H25N3O2. The molecule has 0 bridgehead atoms. The zero-order valence-electron chi connectivity index (χ0n) is 12.9. The maximum absolute atomic E-state index is 11.7. The lowest BCUT2D eigenvalue weighted by Crippen LogP contribution is -2.54. The van der Waals surface area contributed by atoms with E-state index < -0.39 is 5.54 Å². The number of para-hydroxylation sites is 1. The minimum Gasteiger partial charge on any atom is -0.492 e. The van der Waals surface area contributed by atoms with Crippen molar-refractivity contribution in [1.29, 1.82) is 0 Å². The van der Waals surface area contributed by atoms with E-state index in [0.29, 0.717) is 13.0 Å². The van der Waals surface area contributed by atoms with E-state index in [-0.39, 0.29) is 5.91 Å². The Kier molecular flexibility index (Phi) is 5.20. The highest BCUT2D eigenvalue weighted by Crippen LogP contribution is 2.23. The summed E-state index contributed by atoms with van der Waals surface area (Å²) < 4.78 is 5.76. The fourth-order valence-electron chi connectivity index (χ4n) is 2.64. The number of hydrogen-bond acceptors (Lipinski definition) is 4. The van der Waals surface area contributed by atoms with Gasteiger partial charge in [0.2, 0.25) is 5.91 Å². The molecule has 0 radical (unpaired) electrons. The Bertz CT molecular complexity index is 492. The summed E-state index contributed by atoms with van der Waals surface area (Å²) in [7, 11) is 0. The largest absolute Gasteiger partial charge is 0.492 e. The minimum atomic E-state index is -0.651.